The van der Waals surface area contributed by atoms with Gasteiger partial charge in [-0.05, 0) is 11.5 Å². The summed E-state index contributed by atoms with van der Waals surface area (Å²) in [5.74, 6) is -1.11. The first-order valence-electron chi connectivity index (χ1n) is 5.60. The Labute approximate surface area is 101 Å². The Kier molecular flexibility index (Phi) is 5.20. The van der Waals surface area contributed by atoms with E-state index in [9.17, 15) is 9.59 Å². The van der Waals surface area contributed by atoms with Gasteiger partial charge in [-0.3, -0.25) is 9.59 Å². The van der Waals surface area contributed by atoms with Crippen molar-refractivity contribution >= 4 is 11.9 Å². The third-order valence-electron chi connectivity index (χ3n) is 2.39. The van der Waals surface area contributed by atoms with Crippen molar-refractivity contribution in [3.05, 3.63) is 35.9 Å². The van der Waals surface area contributed by atoms with E-state index in [1.54, 1.807) is 6.92 Å². The summed E-state index contributed by atoms with van der Waals surface area (Å²) in [5.41, 5.74) is 1.03. The first-order valence-corrected chi connectivity index (χ1v) is 5.60. The standard InChI is InChI=1S/C13H17NO3/c1-10(8-13(16)17)7-12(15)14-9-11-5-3-2-4-6-11/h2-6,10H,7-9H2,1H3,(H,14,15)(H,16,17)/t10-/m1/s1. The zero-order chi connectivity index (χ0) is 12.7. The van der Waals surface area contributed by atoms with Crippen molar-refractivity contribution in [2.45, 2.75) is 26.3 Å². The smallest absolute Gasteiger partial charge is 0.303 e. The number of carbonyl (C=O) groups excluding carboxylic acids is 1. The molecule has 0 bridgehead atoms. The molecule has 0 aliphatic carbocycles. The van der Waals surface area contributed by atoms with Crippen LogP contribution in [0, 0.1) is 5.92 Å². The van der Waals surface area contributed by atoms with Crippen molar-refractivity contribution in [2.24, 2.45) is 5.92 Å². The van der Waals surface area contributed by atoms with Crippen LogP contribution in [0.2, 0.25) is 0 Å². The van der Waals surface area contributed by atoms with E-state index >= 15 is 0 Å². The summed E-state index contributed by atoms with van der Waals surface area (Å²) in [4.78, 5) is 21.9. The van der Waals surface area contributed by atoms with Crippen molar-refractivity contribution in [2.75, 3.05) is 0 Å². The van der Waals surface area contributed by atoms with Crippen molar-refractivity contribution in [3.63, 3.8) is 0 Å². The lowest BCUT2D eigenvalue weighted by atomic mass is 10.0. The number of carbonyl (C=O) groups is 2. The molecule has 4 heteroatoms. The second-order valence-electron chi connectivity index (χ2n) is 4.17. The first kappa shape index (κ1) is 13.2. The van der Waals surface area contributed by atoms with Crippen LogP contribution in [-0.2, 0) is 16.1 Å². The van der Waals surface area contributed by atoms with E-state index < -0.39 is 5.97 Å². The molecule has 0 aliphatic rings. The molecule has 2 N–H and O–H groups in total. The van der Waals surface area contributed by atoms with Gasteiger partial charge in [0.1, 0.15) is 0 Å². The molecule has 0 aliphatic heterocycles. The molecule has 17 heavy (non-hydrogen) atoms. The van der Waals surface area contributed by atoms with E-state index in [4.69, 9.17) is 5.11 Å². The summed E-state index contributed by atoms with van der Waals surface area (Å²) in [7, 11) is 0. The number of carboxylic acids is 1. The monoisotopic (exact) mass is 235 g/mol. The van der Waals surface area contributed by atoms with Crippen LogP contribution in [0.4, 0.5) is 0 Å². The molecule has 1 atom stereocenters. The number of benzene rings is 1. The summed E-state index contributed by atoms with van der Waals surface area (Å²) in [5, 5.41) is 11.3. The predicted molar refractivity (Wildman–Crippen MR) is 64.3 cm³/mol. The van der Waals surface area contributed by atoms with Gasteiger partial charge in [-0.1, -0.05) is 37.3 Å². The molecule has 0 aromatic heterocycles. The normalized spacial score (nSPS) is 11.8. The molecule has 0 fully saturated rings. The van der Waals surface area contributed by atoms with Crippen LogP contribution in [0.5, 0.6) is 0 Å². The molecule has 1 rings (SSSR count). The second-order valence-corrected chi connectivity index (χ2v) is 4.17. The average molecular weight is 235 g/mol. The third-order valence-corrected chi connectivity index (χ3v) is 2.39. The Morgan fingerprint density at radius 3 is 2.47 bits per heavy atom. The lowest BCUT2D eigenvalue weighted by Gasteiger charge is -2.09. The van der Waals surface area contributed by atoms with Crippen LogP contribution in [0.1, 0.15) is 25.3 Å². The molecule has 1 aromatic carbocycles. The summed E-state index contributed by atoms with van der Waals surface area (Å²) in [6, 6.07) is 9.60. The van der Waals surface area contributed by atoms with Gasteiger partial charge in [-0.2, -0.15) is 0 Å². The Morgan fingerprint density at radius 1 is 1.24 bits per heavy atom. The number of hydrogen-bond donors (Lipinski definition) is 2. The van der Waals surface area contributed by atoms with Gasteiger partial charge in [-0.25, -0.2) is 0 Å². The van der Waals surface area contributed by atoms with Crippen molar-refractivity contribution in [1.82, 2.24) is 5.32 Å². The molecule has 1 aromatic rings. The van der Waals surface area contributed by atoms with Crippen LogP contribution < -0.4 is 5.32 Å². The highest BCUT2D eigenvalue weighted by molar-refractivity contribution is 5.77. The van der Waals surface area contributed by atoms with E-state index in [1.807, 2.05) is 30.3 Å². The second kappa shape index (κ2) is 6.68. The molecule has 0 saturated carbocycles. The predicted octanol–water partition coefficient (Wildman–Crippen LogP) is 1.80. The maximum atomic E-state index is 11.5. The Balaban J connectivity index is 2.28. The van der Waals surface area contributed by atoms with Gasteiger partial charge in [0.2, 0.25) is 5.91 Å². The summed E-state index contributed by atoms with van der Waals surface area (Å²) < 4.78 is 0. The number of amides is 1. The third kappa shape index (κ3) is 5.70. The van der Waals surface area contributed by atoms with Gasteiger partial charge in [0.15, 0.2) is 0 Å². The van der Waals surface area contributed by atoms with Crippen LogP contribution in [-0.4, -0.2) is 17.0 Å². The Hall–Kier alpha value is -1.84. The maximum Gasteiger partial charge on any atom is 0.303 e. The lowest BCUT2D eigenvalue weighted by Crippen LogP contribution is -2.25. The average Bonchev–Trinajstić information content (AvgIpc) is 2.26. The number of nitrogens with one attached hydrogen (secondary N) is 1. The lowest BCUT2D eigenvalue weighted by molar-refractivity contribution is -0.138. The van der Waals surface area contributed by atoms with Crippen molar-refractivity contribution in [3.8, 4) is 0 Å². The fraction of sp³-hybridized carbons (Fsp3) is 0.385. The highest BCUT2D eigenvalue weighted by Crippen LogP contribution is 2.07. The molecular formula is C13H17NO3. The molecule has 4 nitrogen and oxygen atoms in total. The van der Waals surface area contributed by atoms with Crippen molar-refractivity contribution in [1.29, 1.82) is 0 Å². The number of aliphatic carboxylic acids is 1. The fourth-order valence-electron chi connectivity index (χ4n) is 1.56. The van der Waals surface area contributed by atoms with Crippen LogP contribution in [0.25, 0.3) is 0 Å². The summed E-state index contributed by atoms with van der Waals surface area (Å²) >= 11 is 0. The van der Waals surface area contributed by atoms with Gasteiger partial charge < -0.3 is 10.4 Å². The van der Waals surface area contributed by atoms with Gasteiger partial charge >= 0.3 is 5.97 Å². The van der Waals surface area contributed by atoms with Gasteiger partial charge in [0, 0.05) is 19.4 Å². The van der Waals surface area contributed by atoms with Gasteiger partial charge in [0.05, 0.1) is 0 Å². The van der Waals surface area contributed by atoms with Crippen LogP contribution >= 0.6 is 0 Å². The minimum Gasteiger partial charge on any atom is -0.481 e. The maximum absolute atomic E-state index is 11.5. The number of carboxylic acid groups (broad SMARTS) is 1. The number of rotatable bonds is 6. The molecule has 0 spiro atoms. The first-order chi connectivity index (χ1) is 8.08. The summed E-state index contributed by atoms with van der Waals surface area (Å²) in [6.07, 6.45) is 0.276. The van der Waals surface area contributed by atoms with E-state index in [-0.39, 0.29) is 24.7 Å². The van der Waals surface area contributed by atoms with Crippen LogP contribution in [0.3, 0.4) is 0 Å². The van der Waals surface area contributed by atoms with E-state index in [0.717, 1.165) is 5.56 Å². The number of hydrogen-bond acceptors (Lipinski definition) is 2. The van der Waals surface area contributed by atoms with E-state index in [0.29, 0.717) is 6.54 Å². The topological polar surface area (TPSA) is 66.4 Å². The highest BCUT2D eigenvalue weighted by Gasteiger charge is 2.12. The molecule has 0 radical (unpaired) electrons. The van der Waals surface area contributed by atoms with Crippen molar-refractivity contribution < 1.29 is 14.7 Å². The largest absolute Gasteiger partial charge is 0.481 e. The zero-order valence-electron chi connectivity index (χ0n) is 9.85. The summed E-state index contributed by atoms with van der Waals surface area (Å²) in [6.45, 7) is 2.25. The molecule has 0 heterocycles. The van der Waals surface area contributed by atoms with E-state index in [1.165, 1.54) is 0 Å². The minimum atomic E-state index is -0.867. The van der Waals surface area contributed by atoms with Crippen LogP contribution in [0.15, 0.2) is 30.3 Å². The molecular weight excluding hydrogens is 218 g/mol. The fourth-order valence-corrected chi connectivity index (χ4v) is 1.56. The minimum absolute atomic E-state index is 0.0265. The SMILES string of the molecule is C[C@@H](CC(=O)O)CC(=O)NCc1ccccc1. The van der Waals surface area contributed by atoms with Gasteiger partial charge in [0.25, 0.3) is 0 Å². The Morgan fingerprint density at radius 2 is 1.88 bits per heavy atom. The molecule has 0 saturated heterocycles. The molecule has 92 valence electrons. The highest BCUT2D eigenvalue weighted by atomic mass is 16.4. The molecule has 0 unspecified atom stereocenters. The Bertz CT molecular complexity index is 376. The van der Waals surface area contributed by atoms with Gasteiger partial charge in [-0.15, -0.1) is 0 Å². The molecule has 1 amide bonds. The quantitative estimate of drug-likeness (QED) is 0.790. The zero-order valence-corrected chi connectivity index (χ0v) is 9.85. The van der Waals surface area contributed by atoms with E-state index in [2.05, 4.69) is 5.32 Å².